The number of aromatic nitrogens is 2. The fourth-order valence-corrected chi connectivity index (χ4v) is 2.70. The molecule has 0 aliphatic heterocycles. The Labute approximate surface area is 111 Å². The lowest BCUT2D eigenvalue weighted by Crippen LogP contribution is -2.18. The summed E-state index contributed by atoms with van der Waals surface area (Å²) in [5.74, 6) is 0.857. The van der Waals surface area contributed by atoms with E-state index in [1.54, 1.807) is 11.3 Å². The second-order valence-corrected chi connectivity index (χ2v) is 5.78. The predicted molar refractivity (Wildman–Crippen MR) is 74.7 cm³/mol. The van der Waals surface area contributed by atoms with Crippen molar-refractivity contribution in [2.45, 2.75) is 39.3 Å². The zero-order valence-corrected chi connectivity index (χ0v) is 11.5. The van der Waals surface area contributed by atoms with E-state index in [0.29, 0.717) is 0 Å². The van der Waals surface area contributed by atoms with Gasteiger partial charge in [0.1, 0.15) is 0 Å². The molecule has 4 heteroatoms. The van der Waals surface area contributed by atoms with Crippen molar-refractivity contribution in [1.82, 2.24) is 15.3 Å². The van der Waals surface area contributed by atoms with Crippen LogP contribution in [0.4, 0.5) is 0 Å². The lowest BCUT2D eigenvalue weighted by molar-refractivity contribution is 0.675. The van der Waals surface area contributed by atoms with E-state index in [0.717, 1.165) is 34.7 Å². The Balaban J connectivity index is 1.87. The zero-order valence-electron chi connectivity index (χ0n) is 10.7. The molecule has 3 nitrogen and oxygen atoms in total. The van der Waals surface area contributed by atoms with Gasteiger partial charge in [0.15, 0.2) is 5.82 Å². The average molecular weight is 259 g/mol. The number of hydrogen-bond donors (Lipinski definition) is 1. The molecule has 0 saturated heterocycles. The summed E-state index contributed by atoms with van der Waals surface area (Å²) in [5, 5.41) is 5.59. The van der Waals surface area contributed by atoms with Crippen LogP contribution in [0, 0.1) is 13.8 Å². The highest BCUT2D eigenvalue weighted by Crippen LogP contribution is 2.24. The zero-order chi connectivity index (χ0) is 12.5. The van der Waals surface area contributed by atoms with Gasteiger partial charge in [0.05, 0.1) is 4.88 Å². The van der Waals surface area contributed by atoms with Crippen LogP contribution in [0.5, 0.6) is 0 Å². The summed E-state index contributed by atoms with van der Waals surface area (Å²) in [7, 11) is 0. The van der Waals surface area contributed by atoms with E-state index in [9.17, 15) is 0 Å². The molecule has 3 rings (SSSR count). The minimum atomic E-state index is 0.723. The van der Waals surface area contributed by atoms with Crippen LogP contribution in [0.25, 0.3) is 10.7 Å². The van der Waals surface area contributed by atoms with Crippen molar-refractivity contribution >= 4 is 11.3 Å². The minimum absolute atomic E-state index is 0.723. The third kappa shape index (κ3) is 2.44. The number of thiophene rings is 1. The van der Waals surface area contributed by atoms with Crippen molar-refractivity contribution in [3.8, 4) is 10.7 Å². The first-order chi connectivity index (χ1) is 8.74. The Kier molecular flexibility index (Phi) is 3.14. The lowest BCUT2D eigenvalue weighted by atomic mass is 10.1. The molecule has 1 aliphatic rings. The minimum Gasteiger partial charge on any atom is -0.310 e. The van der Waals surface area contributed by atoms with E-state index >= 15 is 0 Å². The molecule has 1 aliphatic carbocycles. The Morgan fingerprint density at radius 1 is 1.28 bits per heavy atom. The summed E-state index contributed by atoms with van der Waals surface area (Å²) in [6.45, 7) is 5.05. The highest BCUT2D eigenvalue weighted by Gasteiger charge is 2.21. The molecular formula is C14H17N3S. The molecule has 1 N–H and O–H groups in total. The lowest BCUT2D eigenvalue weighted by Gasteiger charge is -2.10. The number of nitrogens with zero attached hydrogens (tertiary/aromatic N) is 2. The monoisotopic (exact) mass is 259 g/mol. The second kappa shape index (κ2) is 4.78. The molecule has 2 heterocycles. The summed E-state index contributed by atoms with van der Waals surface area (Å²) < 4.78 is 0. The summed E-state index contributed by atoms with van der Waals surface area (Å²) in [6.07, 6.45) is 2.62. The fraction of sp³-hybridized carbons (Fsp3) is 0.429. The van der Waals surface area contributed by atoms with E-state index in [-0.39, 0.29) is 0 Å². The molecule has 0 unspecified atom stereocenters. The molecule has 0 bridgehead atoms. The van der Waals surface area contributed by atoms with Gasteiger partial charge in [0.25, 0.3) is 0 Å². The molecule has 0 amide bonds. The Morgan fingerprint density at radius 3 is 2.56 bits per heavy atom. The van der Waals surface area contributed by atoms with Crippen molar-refractivity contribution in [3.63, 3.8) is 0 Å². The van der Waals surface area contributed by atoms with Crippen LogP contribution in [-0.4, -0.2) is 16.0 Å². The van der Waals surface area contributed by atoms with E-state index in [4.69, 9.17) is 0 Å². The normalized spacial score (nSPS) is 15.0. The molecular weight excluding hydrogens is 242 g/mol. The van der Waals surface area contributed by atoms with Crippen LogP contribution in [0.3, 0.4) is 0 Å². The molecule has 1 fully saturated rings. The summed E-state index contributed by atoms with van der Waals surface area (Å²) in [5.41, 5.74) is 3.44. The van der Waals surface area contributed by atoms with Gasteiger partial charge in [-0.1, -0.05) is 6.07 Å². The van der Waals surface area contributed by atoms with E-state index in [1.165, 1.54) is 18.4 Å². The predicted octanol–water partition coefficient (Wildman–Crippen LogP) is 3.07. The molecule has 0 spiro atoms. The summed E-state index contributed by atoms with van der Waals surface area (Å²) in [6, 6.07) is 4.83. The van der Waals surface area contributed by atoms with Gasteiger partial charge in [-0.25, -0.2) is 9.97 Å². The fourth-order valence-electron chi connectivity index (χ4n) is 2.05. The molecule has 0 atom stereocenters. The SMILES string of the molecule is Cc1nc(-c2cccs2)nc(C)c1CNC1CC1. The maximum Gasteiger partial charge on any atom is 0.169 e. The standard InChI is InChI=1S/C14H17N3S/c1-9-12(8-15-11-5-6-11)10(2)17-14(16-9)13-4-3-7-18-13/h3-4,7,11,15H,5-6,8H2,1-2H3. The second-order valence-electron chi connectivity index (χ2n) is 4.83. The molecule has 2 aromatic rings. The first-order valence-electron chi connectivity index (χ1n) is 6.35. The third-order valence-corrected chi connectivity index (χ3v) is 4.17. The summed E-state index contributed by atoms with van der Waals surface area (Å²) >= 11 is 1.69. The van der Waals surface area contributed by atoms with Gasteiger partial charge in [-0.05, 0) is 38.1 Å². The van der Waals surface area contributed by atoms with Crippen LogP contribution in [-0.2, 0) is 6.54 Å². The Hall–Kier alpha value is -1.26. The maximum atomic E-state index is 4.63. The highest BCUT2D eigenvalue weighted by atomic mass is 32.1. The van der Waals surface area contributed by atoms with Gasteiger partial charge in [-0.3, -0.25) is 0 Å². The van der Waals surface area contributed by atoms with Gasteiger partial charge in [-0.2, -0.15) is 0 Å². The van der Waals surface area contributed by atoms with Crippen molar-refractivity contribution in [2.75, 3.05) is 0 Å². The first kappa shape index (κ1) is 11.8. The molecule has 1 saturated carbocycles. The van der Waals surface area contributed by atoms with Crippen molar-refractivity contribution in [1.29, 1.82) is 0 Å². The Morgan fingerprint density at radius 2 is 2.00 bits per heavy atom. The van der Waals surface area contributed by atoms with Crippen molar-refractivity contribution < 1.29 is 0 Å². The van der Waals surface area contributed by atoms with Crippen LogP contribution >= 0.6 is 11.3 Å². The van der Waals surface area contributed by atoms with Crippen LogP contribution in [0.1, 0.15) is 29.8 Å². The topological polar surface area (TPSA) is 37.8 Å². The van der Waals surface area contributed by atoms with Gasteiger partial charge < -0.3 is 5.32 Å². The van der Waals surface area contributed by atoms with E-state index < -0.39 is 0 Å². The smallest absolute Gasteiger partial charge is 0.169 e. The van der Waals surface area contributed by atoms with Crippen LogP contribution in [0.15, 0.2) is 17.5 Å². The van der Waals surface area contributed by atoms with Gasteiger partial charge >= 0.3 is 0 Å². The number of aryl methyl sites for hydroxylation is 2. The quantitative estimate of drug-likeness (QED) is 0.917. The maximum absolute atomic E-state index is 4.63. The van der Waals surface area contributed by atoms with E-state index in [1.807, 2.05) is 6.07 Å². The van der Waals surface area contributed by atoms with Crippen molar-refractivity contribution in [3.05, 3.63) is 34.5 Å². The van der Waals surface area contributed by atoms with Crippen LogP contribution < -0.4 is 5.32 Å². The van der Waals surface area contributed by atoms with Gasteiger partial charge in [0, 0.05) is 29.5 Å². The number of hydrogen-bond acceptors (Lipinski definition) is 4. The number of nitrogens with one attached hydrogen (secondary N) is 1. The molecule has 0 radical (unpaired) electrons. The average Bonchev–Trinajstić information content (AvgIpc) is 3.00. The largest absolute Gasteiger partial charge is 0.310 e. The molecule has 0 aromatic carbocycles. The number of rotatable bonds is 4. The Bertz CT molecular complexity index is 521. The summed E-state index contributed by atoms with van der Waals surface area (Å²) in [4.78, 5) is 10.4. The molecule has 94 valence electrons. The highest BCUT2D eigenvalue weighted by molar-refractivity contribution is 7.13. The third-order valence-electron chi connectivity index (χ3n) is 3.31. The van der Waals surface area contributed by atoms with Crippen molar-refractivity contribution in [2.24, 2.45) is 0 Å². The van der Waals surface area contributed by atoms with Gasteiger partial charge in [0.2, 0.25) is 0 Å². The van der Waals surface area contributed by atoms with E-state index in [2.05, 4.69) is 40.6 Å². The van der Waals surface area contributed by atoms with Gasteiger partial charge in [-0.15, -0.1) is 11.3 Å². The first-order valence-corrected chi connectivity index (χ1v) is 7.23. The molecule has 18 heavy (non-hydrogen) atoms. The van der Waals surface area contributed by atoms with Crippen LogP contribution in [0.2, 0.25) is 0 Å². The molecule has 2 aromatic heterocycles.